The van der Waals surface area contributed by atoms with E-state index in [2.05, 4.69) is 28.1 Å². The molecule has 7 heteroatoms. The van der Waals surface area contributed by atoms with Crippen LogP contribution in [-0.4, -0.2) is 63.1 Å². The third-order valence-corrected chi connectivity index (χ3v) is 4.40. The largest absolute Gasteiger partial charge is 0.480 e. The first-order valence-electron chi connectivity index (χ1n) is 10.4. The van der Waals surface area contributed by atoms with Crippen molar-refractivity contribution in [3.63, 3.8) is 0 Å². The lowest BCUT2D eigenvalue weighted by Crippen LogP contribution is -2.44. The number of carboxylic acids is 1. The highest BCUT2D eigenvalue weighted by Crippen LogP contribution is 2.01. The van der Waals surface area contributed by atoms with Gasteiger partial charge in [0.2, 0.25) is 0 Å². The van der Waals surface area contributed by atoms with Gasteiger partial charge < -0.3 is 30.5 Å². The number of ether oxygens (including phenoxy) is 2. The number of benzene rings is 2. The molecule has 0 heterocycles. The van der Waals surface area contributed by atoms with E-state index < -0.39 is 12.0 Å². The summed E-state index contributed by atoms with van der Waals surface area (Å²) in [7, 11) is 0. The topological polar surface area (TPSA) is 91.9 Å². The Morgan fingerprint density at radius 1 is 0.767 bits per heavy atom. The fourth-order valence-corrected chi connectivity index (χ4v) is 2.76. The number of hydrogen-bond donors (Lipinski definition) is 4. The average molecular weight is 416 g/mol. The van der Waals surface area contributed by atoms with E-state index in [4.69, 9.17) is 9.47 Å². The van der Waals surface area contributed by atoms with Crippen LogP contribution in [-0.2, 0) is 27.5 Å². The molecule has 0 spiro atoms. The Balaban J connectivity index is 1.41. The van der Waals surface area contributed by atoms with E-state index in [0.29, 0.717) is 32.9 Å². The summed E-state index contributed by atoms with van der Waals surface area (Å²) in [6.07, 6.45) is 0. The second-order valence-corrected chi connectivity index (χ2v) is 6.88. The zero-order valence-electron chi connectivity index (χ0n) is 17.4. The molecule has 0 aromatic heterocycles. The number of carboxylic acid groups (broad SMARTS) is 1. The molecular formula is C23H33N3O4. The van der Waals surface area contributed by atoms with E-state index in [-0.39, 0.29) is 6.61 Å². The van der Waals surface area contributed by atoms with Crippen LogP contribution in [0.3, 0.4) is 0 Å². The molecule has 1 unspecified atom stereocenters. The first kappa shape index (κ1) is 24.0. The van der Waals surface area contributed by atoms with Gasteiger partial charge in [-0.1, -0.05) is 60.7 Å². The van der Waals surface area contributed by atoms with E-state index in [1.807, 2.05) is 48.5 Å². The highest BCUT2D eigenvalue weighted by molar-refractivity contribution is 5.73. The minimum atomic E-state index is -0.903. The van der Waals surface area contributed by atoms with Crippen molar-refractivity contribution >= 4 is 5.97 Å². The molecule has 0 saturated heterocycles. The van der Waals surface area contributed by atoms with Crippen LogP contribution in [0.1, 0.15) is 11.1 Å². The summed E-state index contributed by atoms with van der Waals surface area (Å²) in [6, 6.07) is 19.1. The van der Waals surface area contributed by atoms with Gasteiger partial charge in [0.15, 0.2) is 0 Å². The van der Waals surface area contributed by atoms with Gasteiger partial charge in [0, 0.05) is 32.7 Å². The Kier molecular flexibility index (Phi) is 12.4. The third kappa shape index (κ3) is 11.0. The van der Waals surface area contributed by atoms with Crippen LogP contribution in [0, 0.1) is 0 Å². The van der Waals surface area contributed by atoms with Crippen LogP contribution in [0.4, 0.5) is 0 Å². The van der Waals surface area contributed by atoms with Crippen molar-refractivity contribution < 1.29 is 19.4 Å². The summed E-state index contributed by atoms with van der Waals surface area (Å²) in [5.74, 6) is -0.903. The van der Waals surface area contributed by atoms with Gasteiger partial charge in [0.1, 0.15) is 6.04 Å². The molecule has 2 rings (SSSR count). The van der Waals surface area contributed by atoms with Crippen LogP contribution < -0.4 is 16.0 Å². The van der Waals surface area contributed by atoms with Crippen molar-refractivity contribution in [3.8, 4) is 0 Å². The summed E-state index contributed by atoms with van der Waals surface area (Å²) >= 11 is 0. The molecule has 0 radical (unpaired) electrons. The van der Waals surface area contributed by atoms with E-state index in [0.717, 1.165) is 25.2 Å². The Hall–Kier alpha value is -2.29. The van der Waals surface area contributed by atoms with E-state index in [9.17, 15) is 9.90 Å². The molecule has 0 fully saturated rings. The van der Waals surface area contributed by atoms with E-state index in [1.165, 1.54) is 5.56 Å². The number of nitrogens with one attached hydrogen (secondary N) is 3. The molecule has 0 aliphatic carbocycles. The second-order valence-electron chi connectivity index (χ2n) is 6.88. The lowest BCUT2D eigenvalue weighted by molar-refractivity contribution is -0.141. The van der Waals surface area contributed by atoms with Crippen molar-refractivity contribution in [1.82, 2.24) is 16.0 Å². The molecule has 0 bridgehead atoms. The molecular weight excluding hydrogens is 382 g/mol. The van der Waals surface area contributed by atoms with Gasteiger partial charge in [0.05, 0.1) is 26.4 Å². The summed E-state index contributed by atoms with van der Waals surface area (Å²) in [5, 5.41) is 18.9. The van der Waals surface area contributed by atoms with Crippen molar-refractivity contribution in [2.24, 2.45) is 0 Å². The molecule has 4 N–H and O–H groups in total. The third-order valence-electron chi connectivity index (χ3n) is 4.40. The maximum absolute atomic E-state index is 11.3. The van der Waals surface area contributed by atoms with Crippen molar-refractivity contribution in [2.45, 2.75) is 19.3 Å². The monoisotopic (exact) mass is 415 g/mol. The Bertz CT molecular complexity index is 685. The number of rotatable bonds is 17. The minimum absolute atomic E-state index is 0.134. The van der Waals surface area contributed by atoms with Gasteiger partial charge in [-0.2, -0.15) is 0 Å². The Morgan fingerprint density at radius 3 is 1.90 bits per heavy atom. The first-order chi connectivity index (χ1) is 14.8. The van der Waals surface area contributed by atoms with Gasteiger partial charge in [-0.05, 0) is 11.1 Å². The first-order valence-corrected chi connectivity index (χ1v) is 10.4. The lowest BCUT2D eigenvalue weighted by Gasteiger charge is -2.15. The SMILES string of the molecule is O=C(O)C(COCc1ccccc1)NCCNCCNCCOCc1ccccc1. The number of aliphatic carboxylic acids is 1. The zero-order chi connectivity index (χ0) is 21.3. The smallest absolute Gasteiger partial charge is 0.323 e. The summed E-state index contributed by atoms with van der Waals surface area (Å²) in [6.45, 7) is 5.53. The molecule has 2 aromatic rings. The highest BCUT2D eigenvalue weighted by atomic mass is 16.5. The number of hydrogen-bond acceptors (Lipinski definition) is 6. The van der Waals surface area contributed by atoms with Gasteiger partial charge >= 0.3 is 5.97 Å². The molecule has 0 aliphatic heterocycles. The molecule has 164 valence electrons. The lowest BCUT2D eigenvalue weighted by atomic mass is 10.2. The minimum Gasteiger partial charge on any atom is -0.480 e. The molecule has 7 nitrogen and oxygen atoms in total. The van der Waals surface area contributed by atoms with Gasteiger partial charge in [-0.25, -0.2) is 0 Å². The van der Waals surface area contributed by atoms with Crippen LogP contribution >= 0.6 is 0 Å². The molecule has 0 amide bonds. The predicted molar refractivity (Wildman–Crippen MR) is 117 cm³/mol. The maximum atomic E-state index is 11.3. The maximum Gasteiger partial charge on any atom is 0.323 e. The fourth-order valence-electron chi connectivity index (χ4n) is 2.76. The van der Waals surface area contributed by atoms with E-state index >= 15 is 0 Å². The molecule has 2 aromatic carbocycles. The molecule has 30 heavy (non-hydrogen) atoms. The molecule has 0 saturated carbocycles. The number of carbonyl (C=O) groups is 1. The van der Waals surface area contributed by atoms with E-state index in [1.54, 1.807) is 0 Å². The second kappa shape index (κ2) is 15.5. The van der Waals surface area contributed by atoms with Gasteiger partial charge in [-0.3, -0.25) is 4.79 Å². The van der Waals surface area contributed by atoms with Crippen LogP contribution in [0.25, 0.3) is 0 Å². The predicted octanol–water partition coefficient (Wildman–Crippen LogP) is 1.64. The Morgan fingerprint density at radius 2 is 1.30 bits per heavy atom. The quantitative estimate of drug-likeness (QED) is 0.292. The normalized spacial score (nSPS) is 12.0. The molecule has 1 atom stereocenters. The van der Waals surface area contributed by atoms with Gasteiger partial charge in [0.25, 0.3) is 0 Å². The van der Waals surface area contributed by atoms with Gasteiger partial charge in [-0.15, -0.1) is 0 Å². The summed E-state index contributed by atoms with van der Waals surface area (Å²) in [4.78, 5) is 11.3. The zero-order valence-corrected chi connectivity index (χ0v) is 17.4. The van der Waals surface area contributed by atoms with Crippen LogP contribution in [0.5, 0.6) is 0 Å². The van der Waals surface area contributed by atoms with Crippen molar-refractivity contribution in [3.05, 3.63) is 71.8 Å². The van der Waals surface area contributed by atoms with Crippen molar-refractivity contribution in [2.75, 3.05) is 45.9 Å². The van der Waals surface area contributed by atoms with Crippen LogP contribution in [0.15, 0.2) is 60.7 Å². The Labute approximate surface area is 178 Å². The summed E-state index contributed by atoms with van der Waals surface area (Å²) in [5.41, 5.74) is 2.21. The average Bonchev–Trinajstić information content (AvgIpc) is 2.77. The summed E-state index contributed by atoms with van der Waals surface area (Å²) < 4.78 is 11.1. The molecule has 0 aliphatic rings. The fraction of sp³-hybridized carbons (Fsp3) is 0.435. The van der Waals surface area contributed by atoms with Crippen molar-refractivity contribution in [1.29, 1.82) is 0 Å². The highest BCUT2D eigenvalue weighted by Gasteiger charge is 2.16. The standard InChI is InChI=1S/C23H33N3O4/c27-23(28)22(19-30-18-21-9-5-2-6-10-21)26-14-13-24-11-12-25-15-16-29-17-20-7-3-1-4-8-20/h1-10,22,24-26H,11-19H2,(H,27,28). The van der Waals surface area contributed by atoms with Crippen LogP contribution in [0.2, 0.25) is 0 Å².